The zero-order chi connectivity index (χ0) is 11.5. The fraction of sp³-hybridized carbons (Fsp3) is 0.154. The van der Waals surface area contributed by atoms with Gasteiger partial charge in [-0.1, -0.05) is 24.3 Å². The smallest absolute Gasteiger partial charge is 0.127 e. The summed E-state index contributed by atoms with van der Waals surface area (Å²) in [6, 6.07) is 11.1. The molecule has 3 heteroatoms. The number of hydrogen-bond donors (Lipinski definition) is 1. The summed E-state index contributed by atoms with van der Waals surface area (Å²) >= 11 is 0. The van der Waals surface area contributed by atoms with Crippen LogP contribution < -0.4 is 4.74 Å². The van der Waals surface area contributed by atoms with Gasteiger partial charge < -0.3 is 9.84 Å². The van der Waals surface area contributed by atoms with E-state index in [2.05, 4.69) is 0 Å². The Kier molecular flexibility index (Phi) is 2.65. The number of ether oxygens (including phenoxy) is 1. The number of nitrogens with zero attached hydrogens (tertiary/aromatic N) is 1. The zero-order valence-corrected chi connectivity index (χ0v) is 8.90. The van der Waals surface area contributed by atoms with Gasteiger partial charge in [-0.15, -0.1) is 0 Å². The van der Waals surface area contributed by atoms with Crippen molar-refractivity contribution in [3.8, 4) is 17.6 Å². The van der Waals surface area contributed by atoms with Gasteiger partial charge >= 0.3 is 0 Å². The molecule has 0 unspecified atom stereocenters. The molecule has 3 nitrogen and oxygen atoms in total. The van der Waals surface area contributed by atoms with Gasteiger partial charge in [0.1, 0.15) is 11.5 Å². The SMILES string of the molecule is COc1cccc2c(O)c(CC#N)ccc12. The van der Waals surface area contributed by atoms with E-state index in [1.165, 1.54) is 0 Å². The summed E-state index contributed by atoms with van der Waals surface area (Å²) < 4.78 is 5.21. The average Bonchev–Trinajstić information content (AvgIpc) is 2.32. The largest absolute Gasteiger partial charge is 0.507 e. The monoisotopic (exact) mass is 213 g/mol. The first-order chi connectivity index (χ1) is 7.77. The first-order valence-corrected chi connectivity index (χ1v) is 4.92. The van der Waals surface area contributed by atoms with Crippen LogP contribution in [0.15, 0.2) is 30.3 Å². The lowest BCUT2D eigenvalue weighted by atomic mass is 10.0. The van der Waals surface area contributed by atoms with Crippen molar-refractivity contribution in [3.63, 3.8) is 0 Å². The molecule has 16 heavy (non-hydrogen) atoms. The van der Waals surface area contributed by atoms with E-state index >= 15 is 0 Å². The third-order valence-electron chi connectivity index (χ3n) is 2.57. The van der Waals surface area contributed by atoms with Crippen molar-refractivity contribution in [2.45, 2.75) is 6.42 Å². The van der Waals surface area contributed by atoms with Crippen LogP contribution in [0.2, 0.25) is 0 Å². The number of phenols is 1. The van der Waals surface area contributed by atoms with Crippen molar-refractivity contribution in [3.05, 3.63) is 35.9 Å². The highest BCUT2D eigenvalue weighted by Crippen LogP contribution is 2.34. The number of aromatic hydroxyl groups is 1. The maximum absolute atomic E-state index is 9.99. The van der Waals surface area contributed by atoms with Crippen LogP contribution in [0.1, 0.15) is 5.56 Å². The van der Waals surface area contributed by atoms with Gasteiger partial charge in [0.15, 0.2) is 0 Å². The second-order valence-corrected chi connectivity index (χ2v) is 3.46. The van der Waals surface area contributed by atoms with Crippen molar-refractivity contribution in [1.82, 2.24) is 0 Å². The summed E-state index contributed by atoms with van der Waals surface area (Å²) in [5, 5.41) is 20.2. The molecule has 2 aromatic rings. The van der Waals surface area contributed by atoms with E-state index in [0.717, 1.165) is 11.1 Å². The van der Waals surface area contributed by atoms with Crippen molar-refractivity contribution in [2.75, 3.05) is 7.11 Å². The summed E-state index contributed by atoms with van der Waals surface area (Å²) in [7, 11) is 1.59. The fourth-order valence-electron chi connectivity index (χ4n) is 1.76. The molecule has 2 rings (SSSR count). The average molecular weight is 213 g/mol. The van der Waals surface area contributed by atoms with Crippen LogP contribution in [0.3, 0.4) is 0 Å². The molecule has 0 saturated carbocycles. The van der Waals surface area contributed by atoms with Crippen molar-refractivity contribution in [2.24, 2.45) is 0 Å². The molecule has 1 N–H and O–H groups in total. The highest BCUT2D eigenvalue weighted by Gasteiger charge is 2.08. The van der Waals surface area contributed by atoms with Crippen LogP contribution in [0.4, 0.5) is 0 Å². The number of hydrogen-bond acceptors (Lipinski definition) is 3. The molecule has 2 aromatic carbocycles. The lowest BCUT2D eigenvalue weighted by Gasteiger charge is -2.08. The van der Waals surface area contributed by atoms with Gasteiger partial charge in [0.2, 0.25) is 0 Å². The van der Waals surface area contributed by atoms with Crippen molar-refractivity contribution < 1.29 is 9.84 Å². The third kappa shape index (κ3) is 1.55. The van der Waals surface area contributed by atoms with Crippen LogP contribution in [0.5, 0.6) is 11.5 Å². The predicted molar refractivity (Wildman–Crippen MR) is 61.5 cm³/mol. The minimum atomic E-state index is 0.165. The Morgan fingerprint density at radius 3 is 2.75 bits per heavy atom. The van der Waals surface area contributed by atoms with E-state index in [4.69, 9.17) is 10.00 Å². The minimum Gasteiger partial charge on any atom is -0.507 e. The Labute approximate surface area is 93.5 Å². The molecule has 0 bridgehead atoms. The number of rotatable bonds is 2. The summed E-state index contributed by atoms with van der Waals surface area (Å²) in [4.78, 5) is 0. The molecule has 80 valence electrons. The van der Waals surface area contributed by atoms with E-state index in [-0.39, 0.29) is 12.2 Å². The summed E-state index contributed by atoms with van der Waals surface area (Å²) in [6.45, 7) is 0. The maximum Gasteiger partial charge on any atom is 0.127 e. The highest BCUT2D eigenvalue weighted by molar-refractivity contribution is 5.93. The minimum absolute atomic E-state index is 0.165. The second kappa shape index (κ2) is 4.11. The van der Waals surface area contributed by atoms with E-state index < -0.39 is 0 Å². The lowest BCUT2D eigenvalue weighted by Crippen LogP contribution is -1.88. The van der Waals surface area contributed by atoms with E-state index in [9.17, 15) is 5.11 Å². The molecule has 0 aromatic heterocycles. The van der Waals surface area contributed by atoms with Crippen molar-refractivity contribution in [1.29, 1.82) is 5.26 Å². The van der Waals surface area contributed by atoms with Crippen LogP contribution in [-0.2, 0) is 6.42 Å². The molecule has 0 heterocycles. The number of benzene rings is 2. The fourth-order valence-corrected chi connectivity index (χ4v) is 1.76. The van der Waals surface area contributed by atoms with Crippen LogP contribution in [-0.4, -0.2) is 12.2 Å². The first-order valence-electron chi connectivity index (χ1n) is 4.92. The van der Waals surface area contributed by atoms with Gasteiger partial charge in [0.05, 0.1) is 19.6 Å². The number of phenolic OH excluding ortho intramolecular Hbond substituents is 1. The van der Waals surface area contributed by atoms with Crippen molar-refractivity contribution >= 4 is 10.8 Å². The van der Waals surface area contributed by atoms with Gasteiger partial charge in [-0.05, 0) is 6.07 Å². The summed E-state index contributed by atoms with van der Waals surface area (Å²) in [5.41, 5.74) is 0.642. The second-order valence-electron chi connectivity index (χ2n) is 3.46. The molecule has 0 spiro atoms. The quantitative estimate of drug-likeness (QED) is 0.834. The zero-order valence-electron chi connectivity index (χ0n) is 8.90. The van der Waals surface area contributed by atoms with Gasteiger partial charge in [0.25, 0.3) is 0 Å². The molecule has 0 saturated heterocycles. The van der Waals surface area contributed by atoms with Crippen LogP contribution in [0, 0.1) is 11.3 Å². The molecular formula is C13H11NO2. The maximum atomic E-state index is 9.99. The Morgan fingerprint density at radius 2 is 2.06 bits per heavy atom. The highest BCUT2D eigenvalue weighted by atomic mass is 16.5. The standard InChI is InChI=1S/C13H11NO2/c1-16-12-4-2-3-11-10(12)6-5-9(7-8-14)13(11)15/h2-6,15H,7H2,1H3. The molecule has 0 radical (unpaired) electrons. The summed E-state index contributed by atoms with van der Waals surface area (Å²) in [6.07, 6.45) is 0.207. The first kappa shape index (κ1) is 10.3. The topological polar surface area (TPSA) is 53.2 Å². The number of fused-ring (bicyclic) bond motifs is 1. The molecule has 0 aliphatic heterocycles. The normalized spacial score (nSPS) is 10.0. The molecular weight excluding hydrogens is 202 g/mol. The number of methoxy groups -OCH3 is 1. The molecule has 0 amide bonds. The van der Waals surface area contributed by atoms with Gasteiger partial charge in [-0.3, -0.25) is 0 Å². The molecule has 0 aliphatic carbocycles. The Bertz CT molecular complexity index is 570. The lowest BCUT2D eigenvalue weighted by molar-refractivity contribution is 0.419. The molecule has 0 fully saturated rings. The van der Waals surface area contributed by atoms with Gasteiger partial charge in [-0.2, -0.15) is 5.26 Å². The van der Waals surface area contributed by atoms with Gasteiger partial charge in [0, 0.05) is 16.3 Å². The van der Waals surface area contributed by atoms with Crippen LogP contribution in [0.25, 0.3) is 10.8 Å². The van der Waals surface area contributed by atoms with E-state index in [0.29, 0.717) is 10.9 Å². The van der Waals surface area contributed by atoms with E-state index in [1.807, 2.05) is 30.3 Å². The van der Waals surface area contributed by atoms with Gasteiger partial charge in [-0.25, -0.2) is 0 Å². The van der Waals surface area contributed by atoms with E-state index in [1.54, 1.807) is 13.2 Å². The Balaban J connectivity index is 2.72. The summed E-state index contributed by atoms with van der Waals surface area (Å²) in [5.74, 6) is 0.884. The molecule has 0 atom stereocenters. The predicted octanol–water partition coefficient (Wildman–Crippen LogP) is 2.62. The van der Waals surface area contributed by atoms with Crippen LogP contribution >= 0.6 is 0 Å². The Morgan fingerprint density at radius 1 is 1.25 bits per heavy atom. The number of nitriles is 1. The third-order valence-corrected chi connectivity index (χ3v) is 2.57. The Hall–Kier alpha value is -2.21. The molecule has 0 aliphatic rings.